The molecule has 1 unspecified atom stereocenters. The third-order valence-corrected chi connectivity index (χ3v) is 8.57. The van der Waals surface area contributed by atoms with Crippen LogP contribution >= 0.6 is 0 Å². The van der Waals surface area contributed by atoms with Crippen LogP contribution in [0, 0.1) is 0 Å². The highest BCUT2D eigenvalue weighted by Crippen LogP contribution is 2.32. The molecule has 176 valence electrons. The predicted octanol–water partition coefficient (Wildman–Crippen LogP) is 3.96. The number of nitrogens with zero attached hydrogens (tertiary/aromatic N) is 3. The number of para-hydroxylation sites is 1. The van der Waals surface area contributed by atoms with Crippen molar-refractivity contribution in [3.63, 3.8) is 0 Å². The Hall–Kier alpha value is -3.16. The Kier molecular flexibility index (Phi) is 6.15. The van der Waals surface area contributed by atoms with Crippen molar-refractivity contribution in [3.8, 4) is 0 Å². The topological polar surface area (TPSA) is 60.9 Å². The maximum absolute atomic E-state index is 13.6. The van der Waals surface area contributed by atoms with Crippen LogP contribution in [0.3, 0.4) is 0 Å². The van der Waals surface area contributed by atoms with E-state index in [-0.39, 0.29) is 16.8 Å². The number of carbonyl (C=O) groups excluding carboxylic acids is 1. The minimum Gasteiger partial charge on any atom is -0.329 e. The number of likely N-dealkylation sites (N-methyl/N-ethyl adjacent to an activating group) is 1. The quantitative estimate of drug-likeness (QED) is 0.573. The molecule has 0 saturated carbocycles. The molecule has 5 rings (SSSR count). The van der Waals surface area contributed by atoms with Gasteiger partial charge in [0.2, 0.25) is 0 Å². The van der Waals surface area contributed by atoms with Gasteiger partial charge in [0, 0.05) is 31.7 Å². The van der Waals surface area contributed by atoms with Crippen molar-refractivity contribution in [1.82, 2.24) is 9.80 Å². The molecule has 1 fully saturated rings. The van der Waals surface area contributed by atoms with Crippen LogP contribution in [0.4, 0.5) is 5.69 Å². The van der Waals surface area contributed by atoms with Crippen molar-refractivity contribution in [3.05, 3.63) is 95.6 Å². The molecule has 0 bridgehead atoms. The first kappa shape index (κ1) is 22.6. The lowest BCUT2D eigenvalue weighted by molar-refractivity contribution is 0.0498. The monoisotopic (exact) mass is 475 g/mol. The highest BCUT2D eigenvalue weighted by Gasteiger charge is 2.33. The van der Waals surface area contributed by atoms with Gasteiger partial charge in [-0.05, 0) is 55.3 Å². The Labute approximate surface area is 201 Å². The van der Waals surface area contributed by atoms with Crippen LogP contribution < -0.4 is 4.31 Å². The van der Waals surface area contributed by atoms with Gasteiger partial charge < -0.3 is 9.80 Å². The molecule has 2 heterocycles. The standard InChI is InChI=1S/C27H29N3O3S/c1-28-17-18-29(26(20-28)22-9-3-2-4-10-22)27(31)23-12-7-14-24(19-23)34(32,33)30-16-8-13-21-11-5-6-15-25(21)30/h2-7,9-12,14-15,19,26H,8,13,16-18,20H2,1H3. The first-order valence-corrected chi connectivity index (χ1v) is 13.1. The molecule has 3 aromatic carbocycles. The van der Waals surface area contributed by atoms with Crippen LogP contribution in [0.1, 0.15) is 33.9 Å². The third-order valence-electron chi connectivity index (χ3n) is 6.77. The zero-order chi connectivity index (χ0) is 23.7. The van der Waals surface area contributed by atoms with E-state index in [1.807, 2.05) is 59.5 Å². The number of hydrogen-bond acceptors (Lipinski definition) is 4. The number of anilines is 1. The van der Waals surface area contributed by atoms with E-state index in [1.54, 1.807) is 18.2 Å². The predicted molar refractivity (Wildman–Crippen MR) is 133 cm³/mol. The second-order valence-electron chi connectivity index (χ2n) is 9.02. The van der Waals surface area contributed by atoms with Crippen molar-refractivity contribution in [1.29, 1.82) is 0 Å². The normalized spacial score (nSPS) is 19.0. The molecule has 0 spiro atoms. The van der Waals surface area contributed by atoms with Crippen LogP contribution in [0.2, 0.25) is 0 Å². The number of sulfonamides is 1. The van der Waals surface area contributed by atoms with E-state index < -0.39 is 10.0 Å². The van der Waals surface area contributed by atoms with Gasteiger partial charge in [-0.15, -0.1) is 0 Å². The third kappa shape index (κ3) is 4.21. The molecular weight excluding hydrogens is 446 g/mol. The summed E-state index contributed by atoms with van der Waals surface area (Å²) in [5.74, 6) is -0.141. The summed E-state index contributed by atoms with van der Waals surface area (Å²) >= 11 is 0. The fourth-order valence-electron chi connectivity index (χ4n) is 4.95. The number of rotatable bonds is 4. The summed E-state index contributed by atoms with van der Waals surface area (Å²) in [4.78, 5) is 17.9. The summed E-state index contributed by atoms with van der Waals surface area (Å²) in [5.41, 5.74) is 3.24. The minimum atomic E-state index is -3.78. The highest BCUT2D eigenvalue weighted by atomic mass is 32.2. The molecule has 0 aromatic heterocycles. The van der Waals surface area contributed by atoms with E-state index in [1.165, 1.54) is 10.4 Å². The Morgan fingerprint density at radius 1 is 0.882 bits per heavy atom. The second kappa shape index (κ2) is 9.24. The molecule has 0 aliphatic carbocycles. The van der Waals surface area contributed by atoms with Crippen LogP contribution in [-0.2, 0) is 16.4 Å². The van der Waals surface area contributed by atoms with E-state index in [0.717, 1.165) is 42.7 Å². The van der Waals surface area contributed by atoms with Gasteiger partial charge in [0.25, 0.3) is 15.9 Å². The van der Waals surface area contributed by atoms with Crippen molar-refractivity contribution in [2.24, 2.45) is 0 Å². The number of amides is 1. The molecule has 0 radical (unpaired) electrons. The summed E-state index contributed by atoms with van der Waals surface area (Å²) in [6, 6.07) is 24.1. The van der Waals surface area contributed by atoms with Gasteiger partial charge in [-0.1, -0.05) is 54.6 Å². The Morgan fingerprint density at radius 3 is 2.47 bits per heavy atom. The van der Waals surface area contributed by atoms with E-state index in [0.29, 0.717) is 18.7 Å². The van der Waals surface area contributed by atoms with E-state index in [2.05, 4.69) is 11.9 Å². The van der Waals surface area contributed by atoms with Crippen molar-refractivity contribution in [2.45, 2.75) is 23.8 Å². The van der Waals surface area contributed by atoms with Crippen molar-refractivity contribution in [2.75, 3.05) is 37.5 Å². The first-order chi connectivity index (χ1) is 16.4. The maximum atomic E-state index is 13.6. The molecule has 2 aliphatic rings. The van der Waals surface area contributed by atoms with Gasteiger partial charge in [0.1, 0.15) is 0 Å². The van der Waals surface area contributed by atoms with Gasteiger partial charge in [-0.3, -0.25) is 9.10 Å². The van der Waals surface area contributed by atoms with Gasteiger partial charge in [-0.2, -0.15) is 0 Å². The lowest BCUT2D eigenvalue weighted by Crippen LogP contribution is -2.49. The zero-order valence-corrected chi connectivity index (χ0v) is 20.1. The van der Waals surface area contributed by atoms with E-state index >= 15 is 0 Å². The average Bonchev–Trinajstić information content (AvgIpc) is 2.88. The smallest absolute Gasteiger partial charge is 0.264 e. The summed E-state index contributed by atoms with van der Waals surface area (Å²) in [6.07, 6.45) is 1.64. The highest BCUT2D eigenvalue weighted by molar-refractivity contribution is 7.92. The van der Waals surface area contributed by atoms with Gasteiger partial charge >= 0.3 is 0 Å². The molecular formula is C27H29N3O3S. The van der Waals surface area contributed by atoms with Crippen LogP contribution in [0.25, 0.3) is 0 Å². The minimum absolute atomic E-state index is 0.0818. The average molecular weight is 476 g/mol. The summed E-state index contributed by atoms with van der Waals surface area (Å²) < 4.78 is 28.7. The van der Waals surface area contributed by atoms with E-state index in [9.17, 15) is 13.2 Å². The molecule has 1 saturated heterocycles. The van der Waals surface area contributed by atoms with Crippen LogP contribution in [0.15, 0.2) is 83.8 Å². The Morgan fingerprint density at radius 2 is 1.65 bits per heavy atom. The van der Waals surface area contributed by atoms with Crippen LogP contribution in [-0.4, -0.2) is 57.4 Å². The molecule has 7 heteroatoms. The fraction of sp³-hybridized carbons (Fsp3) is 0.296. The summed E-state index contributed by atoms with van der Waals surface area (Å²) in [5, 5.41) is 0. The Balaban J connectivity index is 1.47. The lowest BCUT2D eigenvalue weighted by Gasteiger charge is -2.40. The van der Waals surface area contributed by atoms with Gasteiger partial charge in [0.05, 0.1) is 16.6 Å². The molecule has 1 amide bonds. The SMILES string of the molecule is CN1CCN(C(=O)c2cccc(S(=O)(=O)N3CCCc4ccccc43)c2)C(c2ccccc2)C1. The van der Waals surface area contributed by atoms with E-state index in [4.69, 9.17) is 0 Å². The van der Waals surface area contributed by atoms with Gasteiger partial charge in [-0.25, -0.2) is 8.42 Å². The lowest BCUT2D eigenvalue weighted by atomic mass is 10.0. The maximum Gasteiger partial charge on any atom is 0.264 e. The summed E-state index contributed by atoms with van der Waals surface area (Å²) in [7, 11) is -1.73. The molecule has 3 aromatic rings. The molecule has 34 heavy (non-hydrogen) atoms. The molecule has 0 N–H and O–H groups in total. The molecule has 2 aliphatic heterocycles. The second-order valence-corrected chi connectivity index (χ2v) is 10.9. The molecule has 1 atom stereocenters. The number of piperazine rings is 1. The number of benzene rings is 3. The fourth-order valence-corrected chi connectivity index (χ4v) is 6.54. The number of carbonyl (C=O) groups is 1. The van der Waals surface area contributed by atoms with Crippen molar-refractivity contribution >= 4 is 21.6 Å². The van der Waals surface area contributed by atoms with Crippen molar-refractivity contribution < 1.29 is 13.2 Å². The molecule has 6 nitrogen and oxygen atoms in total. The first-order valence-electron chi connectivity index (χ1n) is 11.7. The largest absolute Gasteiger partial charge is 0.329 e. The zero-order valence-electron chi connectivity index (χ0n) is 19.3. The Bertz CT molecular complexity index is 1290. The summed E-state index contributed by atoms with van der Waals surface area (Å²) in [6.45, 7) is 2.54. The van der Waals surface area contributed by atoms with Crippen LogP contribution in [0.5, 0.6) is 0 Å². The number of aryl methyl sites for hydroxylation is 1. The number of hydrogen-bond donors (Lipinski definition) is 0. The van der Waals surface area contributed by atoms with Gasteiger partial charge in [0.15, 0.2) is 0 Å². The number of fused-ring (bicyclic) bond motifs is 1.